The molecule has 1 N–H and O–H groups in total. The van der Waals surface area contributed by atoms with E-state index in [-0.39, 0.29) is 11.8 Å². The predicted octanol–water partition coefficient (Wildman–Crippen LogP) is 5.73. The van der Waals surface area contributed by atoms with Gasteiger partial charge in [0.15, 0.2) is 0 Å². The van der Waals surface area contributed by atoms with Crippen LogP contribution in [0.3, 0.4) is 0 Å². The molecule has 2 aromatic heterocycles. The van der Waals surface area contributed by atoms with Crippen molar-refractivity contribution in [2.24, 2.45) is 5.92 Å². The van der Waals surface area contributed by atoms with Gasteiger partial charge >= 0.3 is 6.18 Å². The van der Waals surface area contributed by atoms with Gasteiger partial charge in [-0.1, -0.05) is 29.3 Å². The van der Waals surface area contributed by atoms with Crippen molar-refractivity contribution in [3.63, 3.8) is 0 Å². The minimum atomic E-state index is -4.40. The molecule has 0 spiro atoms. The third-order valence-corrected chi connectivity index (χ3v) is 6.51. The molecule has 10 heteroatoms. The molecule has 1 amide bonds. The Bertz CT molecular complexity index is 1140. The predicted molar refractivity (Wildman–Crippen MR) is 125 cm³/mol. The molecule has 1 fully saturated rings. The van der Waals surface area contributed by atoms with Gasteiger partial charge in [-0.2, -0.15) is 13.2 Å². The smallest absolute Gasteiger partial charge is 0.352 e. The van der Waals surface area contributed by atoms with Crippen LogP contribution in [0.15, 0.2) is 55.0 Å². The van der Waals surface area contributed by atoms with Crippen molar-refractivity contribution in [2.75, 3.05) is 13.1 Å². The number of benzene rings is 1. The Morgan fingerprint density at radius 2 is 1.88 bits per heavy atom. The topological polar surface area (TPSA) is 50.2 Å². The Labute approximate surface area is 205 Å². The number of nitrogens with zero attached hydrogens (tertiary/aromatic N) is 3. The Hall–Kier alpha value is -2.55. The summed E-state index contributed by atoms with van der Waals surface area (Å²) in [7, 11) is 0. The Balaban J connectivity index is 1.26. The molecule has 1 saturated heterocycles. The van der Waals surface area contributed by atoms with E-state index < -0.39 is 11.7 Å². The van der Waals surface area contributed by atoms with E-state index in [2.05, 4.69) is 15.2 Å². The van der Waals surface area contributed by atoms with Gasteiger partial charge in [-0.25, -0.2) is 4.98 Å². The number of aromatic nitrogens is 2. The second kappa shape index (κ2) is 10.4. The Kier molecular flexibility index (Phi) is 7.50. The lowest BCUT2D eigenvalue weighted by Gasteiger charge is -2.31. The first-order chi connectivity index (χ1) is 16.2. The van der Waals surface area contributed by atoms with Crippen LogP contribution in [0, 0.1) is 5.92 Å². The van der Waals surface area contributed by atoms with Crippen LogP contribution in [0.1, 0.15) is 29.5 Å². The van der Waals surface area contributed by atoms with E-state index in [1.807, 2.05) is 12.3 Å². The van der Waals surface area contributed by atoms with E-state index >= 15 is 0 Å². The molecule has 0 saturated carbocycles. The van der Waals surface area contributed by atoms with E-state index in [1.54, 1.807) is 29.0 Å². The highest BCUT2D eigenvalue weighted by Crippen LogP contribution is 2.29. The van der Waals surface area contributed by atoms with Gasteiger partial charge in [0.05, 0.1) is 5.56 Å². The molecule has 0 bridgehead atoms. The molecule has 34 heavy (non-hydrogen) atoms. The summed E-state index contributed by atoms with van der Waals surface area (Å²) in [5.74, 6) is 0.392. The summed E-state index contributed by atoms with van der Waals surface area (Å²) in [6.07, 6.45) is 1.59. The monoisotopic (exact) mass is 510 g/mol. The lowest BCUT2D eigenvalue weighted by Crippen LogP contribution is -2.40. The van der Waals surface area contributed by atoms with E-state index in [1.165, 1.54) is 6.07 Å². The third kappa shape index (κ3) is 6.11. The van der Waals surface area contributed by atoms with Gasteiger partial charge in [0.1, 0.15) is 5.82 Å². The SMILES string of the molecule is O=C(NCc1ccc(Cl)cc1Cl)C1CCN(Cc2ccn(-c3ccc(C(F)(F)F)cn3)c2)CC1. The van der Waals surface area contributed by atoms with Gasteiger partial charge in [0.25, 0.3) is 0 Å². The molecule has 3 heterocycles. The standard InChI is InChI=1S/C24H23Cl2F3N4O/c25-20-3-1-18(21(26)11-20)12-31-23(34)17-6-8-32(9-7-17)14-16-5-10-33(15-16)22-4-2-19(13-30-22)24(27,28)29/h1-5,10-11,13,15,17H,6-9,12,14H2,(H,31,34). The molecule has 1 aliphatic heterocycles. The number of likely N-dealkylation sites (tertiary alicyclic amines) is 1. The maximum atomic E-state index is 12.7. The van der Waals surface area contributed by atoms with E-state index in [0.29, 0.717) is 29.0 Å². The zero-order valence-electron chi connectivity index (χ0n) is 18.2. The van der Waals surface area contributed by atoms with Crippen LogP contribution < -0.4 is 5.32 Å². The minimum Gasteiger partial charge on any atom is -0.352 e. The van der Waals surface area contributed by atoms with Gasteiger partial charge in [0, 0.05) is 47.6 Å². The Morgan fingerprint density at radius 1 is 1.12 bits per heavy atom. The van der Waals surface area contributed by atoms with Gasteiger partial charge in [-0.3, -0.25) is 9.69 Å². The van der Waals surface area contributed by atoms with Crippen LogP contribution in [-0.4, -0.2) is 33.4 Å². The molecule has 0 radical (unpaired) electrons. The molecular weight excluding hydrogens is 488 g/mol. The van der Waals surface area contributed by atoms with Crippen molar-refractivity contribution in [1.29, 1.82) is 0 Å². The maximum Gasteiger partial charge on any atom is 0.417 e. The number of rotatable bonds is 6. The van der Waals surface area contributed by atoms with Crippen LogP contribution in [0.25, 0.3) is 5.82 Å². The molecule has 180 valence electrons. The quantitative estimate of drug-likeness (QED) is 0.460. The van der Waals surface area contributed by atoms with Crippen molar-refractivity contribution in [3.05, 3.63) is 81.7 Å². The van der Waals surface area contributed by atoms with Crippen LogP contribution in [-0.2, 0) is 24.1 Å². The summed E-state index contributed by atoms with van der Waals surface area (Å²) in [6.45, 7) is 2.62. The second-order valence-corrected chi connectivity index (χ2v) is 9.18. The van der Waals surface area contributed by atoms with Gasteiger partial charge in [0.2, 0.25) is 5.91 Å². The average molecular weight is 511 g/mol. The zero-order chi connectivity index (χ0) is 24.3. The summed E-state index contributed by atoms with van der Waals surface area (Å²) in [6, 6.07) is 9.51. The number of amides is 1. The highest BCUT2D eigenvalue weighted by molar-refractivity contribution is 6.35. The second-order valence-electron chi connectivity index (χ2n) is 8.33. The van der Waals surface area contributed by atoms with Gasteiger partial charge in [-0.05, 0) is 67.4 Å². The molecule has 0 atom stereocenters. The number of carbonyl (C=O) groups is 1. The van der Waals surface area contributed by atoms with Crippen LogP contribution in [0.4, 0.5) is 13.2 Å². The zero-order valence-corrected chi connectivity index (χ0v) is 19.7. The number of carbonyl (C=O) groups excluding carboxylic acids is 1. The van der Waals surface area contributed by atoms with Crippen molar-refractivity contribution >= 4 is 29.1 Å². The number of hydrogen-bond acceptors (Lipinski definition) is 3. The number of pyridine rings is 1. The highest BCUT2D eigenvalue weighted by atomic mass is 35.5. The summed E-state index contributed by atoms with van der Waals surface area (Å²) < 4.78 is 39.9. The summed E-state index contributed by atoms with van der Waals surface area (Å²) in [5.41, 5.74) is 1.08. The number of hydrogen-bond donors (Lipinski definition) is 1. The lowest BCUT2D eigenvalue weighted by molar-refractivity contribution is -0.137. The van der Waals surface area contributed by atoms with Crippen LogP contribution >= 0.6 is 23.2 Å². The number of nitrogens with one attached hydrogen (secondary N) is 1. The van der Waals surface area contributed by atoms with Gasteiger partial charge in [-0.15, -0.1) is 0 Å². The lowest BCUT2D eigenvalue weighted by atomic mass is 9.95. The summed E-state index contributed by atoms with van der Waals surface area (Å²) in [5, 5.41) is 4.05. The highest BCUT2D eigenvalue weighted by Gasteiger charge is 2.30. The first kappa shape index (κ1) is 24.6. The third-order valence-electron chi connectivity index (χ3n) is 5.93. The van der Waals surface area contributed by atoms with E-state index in [4.69, 9.17) is 23.2 Å². The average Bonchev–Trinajstić information content (AvgIpc) is 3.27. The first-order valence-corrected chi connectivity index (χ1v) is 11.6. The van der Waals surface area contributed by atoms with Crippen LogP contribution in [0.2, 0.25) is 10.0 Å². The fourth-order valence-corrected chi connectivity index (χ4v) is 4.46. The molecule has 4 rings (SSSR count). The number of piperidine rings is 1. The van der Waals surface area contributed by atoms with Crippen molar-refractivity contribution < 1.29 is 18.0 Å². The molecule has 1 aromatic carbocycles. The van der Waals surface area contributed by atoms with Crippen molar-refractivity contribution in [3.8, 4) is 5.82 Å². The molecule has 1 aliphatic rings. The molecule has 3 aromatic rings. The summed E-state index contributed by atoms with van der Waals surface area (Å²) in [4.78, 5) is 18.8. The first-order valence-electron chi connectivity index (χ1n) is 10.8. The van der Waals surface area contributed by atoms with Crippen molar-refractivity contribution in [1.82, 2.24) is 19.8 Å². The van der Waals surface area contributed by atoms with Crippen molar-refractivity contribution in [2.45, 2.75) is 32.1 Å². The van der Waals surface area contributed by atoms with E-state index in [0.717, 1.165) is 49.3 Å². The minimum absolute atomic E-state index is 0.0187. The number of alkyl halides is 3. The molecule has 5 nitrogen and oxygen atoms in total. The summed E-state index contributed by atoms with van der Waals surface area (Å²) >= 11 is 12.1. The van der Waals surface area contributed by atoms with Crippen LogP contribution in [0.5, 0.6) is 0 Å². The Morgan fingerprint density at radius 3 is 2.53 bits per heavy atom. The fraction of sp³-hybridized carbons (Fsp3) is 0.333. The molecule has 0 unspecified atom stereocenters. The normalized spacial score (nSPS) is 15.4. The maximum absolute atomic E-state index is 12.7. The molecular formula is C24H23Cl2F3N4O. The largest absolute Gasteiger partial charge is 0.417 e. The van der Waals surface area contributed by atoms with Gasteiger partial charge < -0.3 is 9.88 Å². The van der Waals surface area contributed by atoms with E-state index in [9.17, 15) is 18.0 Å². The number of halogens is 5. The molecule has 0 aliphatic carbocycles. The fourth-order valence-electron chi connectivity index (χ4n) is 3.99.